The molecule has 3 rings (SSSR count). The number of carboxylic acids is 1. The summed E-state index contributed by atoms with van der Waals surface area (Å²) >= 11 is 3.33. The third-order valence-electron chi connectivity index (χ3n) is 3.64. The van der Waals surface area contributed by atoms with Crippen molar-refractivity contribution in [2.45, 2.75) is 5.79 Å². The lowest BCUT2D eigenvalue weighted by Gasteiger charge is -2.30. The lowest BCUT2D eigenvalue weighted by atomic mass is 10.1. The van der Waals surface area contributed by atoms with Crippen molar-refractivity contribution in [3.63, 3.8) is 0 Å². The van der Waals surface area contributed by atoms with Crippen molar-refractivity contribution in [1.29, 1.82) is 0 Å². The monoisotopic (exact) mass is 404 g/mol. The summed E-state index contributed by atoms with van der Waals surface area (Å²) < 4.78 is 16.9. The van der Waals surface area contributed by atoms with Gasteiger partial charge in [0.1, 0.15) is 11.5 Å². The summed E-state index contributed by atoms with van der Waals surface area (Å²) in [7, 11) is 1.55. The van der Waals surface area contributed by atoms with Crippen molar-refractivity contribution >= 4 is 27.9 Å². The number of carbonyl (C=O) groups is 2. The molecule has 0 radical (unpaired) electrons. The molecule has 0 aromatic heterocycles. The SMILES string of the molecule is COc1ccc([C@]2(Oc3ccc(C(=O)O)cc3)OC(=O)C=C2Br)cc1. The third kappa shape index (κ3) is 3.23. The first-order chi connectivity index (χ1) is 11.9. The second-order valence-corrected chi connectivity index (χ2v) is 6.04. The first-order valence-electron chi connectivity index (χ1n) is 7.22. The summed E-state index contributed by atoms with van der Waals surface area (Å²) in [6.45, 7) is 0. The Morgan fingerprint density at radius 2 is 1.68 bits per heavy atom. The smallest absolute Gasteiger partial charge is 0.335 e. The highest BCUT2D eigenvalue weighted by molar-refractivity contribution is 9.11. The van der Waals surface area contributed by atoms with Crippen LogP contribution in [0.5, 0.6) is 11.5 Å². The van der Waals surface area contributed by atoms with Crippen LogP contribution >= 0.6 is 15.9 Å². The maximum Gasteiger partial charge on any atom is 0.335 e. The van der Waals surface area contributed by atoms with E-state index in [9.17, 15) is 9.59 Å². The van der Waals surface area contributed by atoms with E-state index in [1.807, 2.05) is 0 Å². The van der Waals surface area contributed by atoms with E-state index in [0.717, 1.165) is 0 Å². The summed E-state index contributed by atoms with van der Waals surface area (Å²) in [5.74, 6) is -2.07. The van der Waals surface area contributed by atoms with Gasteiger partial charge in [0.2, 0.25) is 0 Å². The Kier molecular flexibility index (Phi) is 4.50. The molecule has 2 aromatic carbocycles. The van der Waals surface area contributed by atoms with Crippen LogP contribution in [-0.4, -0.2) is 24.2 Å². The standard InChI is InChI=1S/C18H13BrO6/c1-23-13-8-4-12(5-9-13)18(15(19)10-16(20)25-18)24-14-6-2-11(3-7-14)17(21)22/h2-10H,1H3,(H,21,22)/t18-/m0/s1. The van der Waals surface area contributed by atoms with Gasteiger partial charge in [-0.25, -0.2) is 9.59 Å². The van der Waals surface area contributed by atoms with Gasteiger partial charge in [-0.3, -0.25) is 0 Å². The van der Waals surface area contributed by atoms with Crippen molar-refractivity contribution in [3.05, 3.63) is 70.2 Å². The van der Waals surface area contributed by atoms with E-state index < -0.39 is 17.7 Å². The molecule has 1 atom stereocenters. The predicted octanol–water partition coefficient (Wildman–Crippen LogP) is 3.46. The number of carbonyl (C=O) groups excluding carboxylic acids is 1. The zero-order valence-electron chi connectivity index (χ0n) is 13.1. The zero-order chi connectivity index (χ0) is 18.0. The van der Waals surface area contributed by atoms with Crippen molar-refractivity contribution in [2.24, 2.45) is 0 Å². The number of rotatable bonds is 5. The number of methoxy groups -OCH3 is 1. The topological polar surface area (TPSA) is 82.1 Å². The maximum absolute atomic E-state index is 11.8. The van der Waals surface area contributed by atoms with Crippen LogP contribution < -0.4 is 9.47 Å². The van der Waals surface area contributed by atoms with E-state index in [4.69, 9.17) is 19.3 Å². The van der Waals surface area contributed by atoms with Crippen molar-refractivity contribution in [1.82, 2.24) is 0 Å². The lowest BCUT2D eigenvalue weighted by Crippen LogP contribution is -2.34. The fourth-order valence-corrected chi connectivity index (χ4v) is 2.96. The molecular weight excluding hydrogens is 392 g/mol. The minimum atomic E-state index is -1.48. The number of hydrogen-bond acceptors (Lipinski definition) is 5. The molecule has 0 saturated carbocycles. The number of esters is 1. The molecule has 25 heavy (non-hydrogen) atoms. The normalized spacial score (nSPS) is 19.1. The number of aromatic carboxylic acids is 1. The van der Waals surface area contributed by atoms with Gasteiger partial charge in [-0.2, -0.15) is 0 Å². The van der Waals surface area contributed by atoms with Crippen molar-refractivity contribution in [3.8, 4) is 11.5 Å². The first-order valence-corrected chi connectivity index (χ1v) is 8.01. The first kappa shape index (κ1) is 17.0. The number of cyclic esters (lactones) is 1. The number of ether oxygens (including phenoxy) is 3. The molecule has 2 aromatic rings. The predicted molar refractivity (Wildman–Crippen MR) is 91.8 cm³/mol. The van der Waals surface area contributed by atoms with Gasteiger partial charge in [0.15, 0.2) is 0 Å². The summed E-state index contributed by atoms with van der Waals surface area (Å²) in [4.78, 5) is 22.7. The van der Waals surface area contributed by atoms with Crippen LogP contribution in [0.4, 0.5) is 0 Å². The minimum Gasteiger partial charge on any atom is -0.497 e. The lowest BCUT2D eigenvalue weighted by molar-refractivity contribution is -0.174. The van der Waals surface area contributed by atoms with Gasteiger partial charge in [0.05, 0.1) is 17.2 Å². The Labute approximate surface area is 151 Å². The Balaban J connectivity index is 1.99. The molecule has 1 N–H and O–H groups in total. The summed E-state index contributed by atoms with van der Waals surface area (Å²) in [6, 6.07) is 12.7. The van der Waals surface area contributed by atoms with Crippen LogP contribution in [0, 0.1) is 0 Å². The van der Waals surface area contributed by atoms with E-state index >= 15 is 0 Å². The number of halogens is 1. The molecule has 6 nitrogen and oxygen atoms in total. The van der Waals surface area contributed by atoms with E-state index in [1.54, 1.807) is 31.4 Å². The van der Waals surface area contributed by atoms with Crippen molar-refractivity contribution in [2.75, 3.05) is 7.11 Å². The summed E-state index contributed by atoms with van der Waals surface area (Å²) in [6.07, 6.45) is 1.29. The average Bonchev–Trinajstić information content (AvgIpc) is 2.89. The van der Waals surface area contributed by atoms with Crippen LogP contribution in [0.1, 0.15) is 15.9 Å². The summed E-state index contributed by atoms with van der Waals surface area (Å²) in [5.41, 5.74) is 0.702. The van der Waals surface area contributed by atoms with Crippen LogP contribution in [0.25, 0.3) is 0 Å². The molecule has 0 aliphatic carbocycles. The molecule has 128 valence electrons. The summed E-state index contributed by atoms with van der Waals surface area (Å²) in [5, 5.41) is 8.98. The maximum atomic E-state index is 11.8. The number of benzene rings is 2. The Bertz CT molecular complexity index is 841. The molecule has 0 saturated heterocycles. The molecule has 1 heterocycles. The molecule has 0 amide bonds. The van der Waals surface area contributed by atoms with Gasteiger partial charge in [-0.15, -0.1) is 0 Å². The Hall–Kier alpha value is -2.80. The third-order valence-corrected chi connectivity index (χ3v) is 4.39. The van der Waals surface area contributed by atoms with E-state index in [0.29, 0.717) is 21.5 Å². The van der Waals surface area contributed by atoms with E-state index in [-0.39, 0.29) is 5.56 Å². The molecule has 0 spiro atoms. The molecular formula is C18H13BrO6. The largest absolute Gasteiger partial charge is 0.497 e. The second-order valence-electron chi connectivity index (χ2n) is 5.19. The number of hydrogen-bond donors (Lipinski definition) is 1. The molecule has 0 fully saturated rings. The second kappa shape index (κ2) is 6.60. The highest BCUT2D eigenvalue weighted by Gasteiger charge is 2.47. The molecule has 0 unspecified atom stereocenters. The van der Waals surface area contributed by atoms with E-state index in [1.165, 1.54) is 30.3 Å². The van der Waals surface area contributed by atoms with Gasteiger partial charge < -0.3 is 19.3 Å². The van der Waals surface area contributed by atoms with Crippen LogP contribution in [-0.2, 0) is 15.3 Å². The van der Waals surface area contributed by atoms with Crippen LogP contribution in [0.3, 0.4) is 0 Å². The van der Waals surface area contributed by atoms with Gasteiger partial charge in [-0.1, -0.05) is 0 Å². The molecule has 0 bridgehead atoms. The average molecular weight is 405 g/mol. The Morgan fingerprint density at radius 3 is 2.16 bits per heavy atom. The van der Waals surface area contributed by atoms with Crippen LogP contribution in [0.15, 0.2) is 59.1 Å². The molecule has 7 heteroatoms. The van der Waals surface area contributed by atoms with Gasteiger partial charge in [-0.05, 0) is 64.5 Å². The van der Waals surface area contributed by atoms with Crippen LogP contribution in [0.2, 0.25) is 0 Å². The highest BCUT2D eigenvalue weighted by atomic mass is 79.9. The zero-order valence-corrected chi connectivity index (χ0v) is 14.6. The van der Waals surface area contributed by atoms with Crippen molar-refractivity contribution < 1.29 is 28.9 Å². The Morgan fingerprint density at radius 1 is 1.08 bits per heavy atom. The molecule has 1 aliphatic rings. The highest BCUT2D eigenvalue weighted by Crippen LogP contribution is 2.43. The van der Waals surface area contributed by atoms with Gasteiger partial charge in [0, 0.05) is 11.6 Å². The van der Waals surface area contributed by atoms with Gasteiger partial charge in [0.25, 0.3) is 0 Å². The quantitative estimate of drug-likeness (QED) is 0.768. The fourth-order valence-electron chi connectivity index (χ4n) is 2.39. The fraction of sp³-hybridized carbons (Fsp3) is 0.111. The molecule has 1 aliphatic heterocycles. The minimum absolute atomic E-state index is 0.129. The van der Waals surface area contributed by atoms with E-state index in [2.05, 4.69) is 15.9 Å². The van der Waals surface area contributed by atoms with Gasteiger partial charge >= 0.3 is 17.7 Å². The number of carboxylic acid groups (broad SMARTS) is 1.